The molecule has 10 rings (SSSR count). The highest BCUT2D eigenvalue weighted by molar-refractivity contribution is 6.15. The second-order valence-electron chi connectivity index (χ2n) is 12.5. The lowest BCUT2D eigenvalue weighted by Crippen LogP contribution is -2.12. The summed E-state index contributed by atoms with van der Waals surface area (Å²) >= 11 is 0. The van der Waals surface area contributed by atoms with Crippen LogP contribution in [0.3, 0.4) is 0 Å². The molecule has 0 bridgehead atoms. The van der Waals surface area contributed by atoms with E-state index in [1.807, 2.05) is 12.1 Å². The maximum atomic E-state index is 6.76. The fourth-order valence-electron chi connectivity index (χ4n) is 7.42. The maximum Gasteiger partial charge on any atom is 0.159 e. The van der Waals surface area contributed by atoms with Crippen molar-refractivity contribution in [3.05, 3.63) is 176 Å². The molecule has 0 unspecified atom stereocenters. The second-order valence-corrected chi connectivity index (χ2v) is 12.5. The number of para-hydroxylation sites is 5. The molecule has 230 valence electrons. The first kappa shape index (κ1) is 27.5. The number of nitrogens with zero attached hydrogens (tertiary/aromatic N) is 1. The molecule has 0 aliphatic heterocycles. The molecular weight excluding hydrogens is 599 g/mol. The normalized spacial score (nSPS) is 11.7. The summed E-state index contributed by atoms with van der Waals surface area (Å²) in [5.74, 6) is 0. The van der Waals surface area contributed by atoms with Crippen LogP contribution in [-0.2, 0) is 0 Å². The van der Waals surface area contributed by atoms with Crippen LogP contribution < -0.4 is 4.90 Å². The molecule has 49 heavy (non-hydrogen) atoms. The summed E-state index contributed by atoms with van der Waals surface area (Å²) in [7, 11) is 0. The Hall–Kier alpha value is -6.58. The summed E-state index contributed by atoms with van der Waals surface area (Å²) in [6, 6.07) is 61.9. The van der Waals surface area contributed by atoms with Gasteiger partial charge in [0, 0.05) is 38.2 Å². The molecule has 8 aromatic carbocycles. The molecule has 0 radical (unpaired) electrons. The number of anilines is 3. The van der Waals surface area contributed by atoms with Crippen molar-refractivity contribution in [1.82, 2.24) is 0 Å². The van der Waals surface area contributed by atoms with E-state index in [1.54, 1.807) is 0 Å². The van der Waals surface area contributed by atoms with Crippen molar-refractivity contribution in [1.29, 1.82) is 0 Å². The van der Waals surface area contributed by atoms with E-state index in [-0.39, 0.29) is 0 Å². The van der Waals surface area contributed by atoms with E-state index in [4.69, 9.17) is 8.83 Å². The van der Waals surface area contributed by atoms with Gasteiger partial charge in [-0.2, -0.15) is 0 Å². The Morgan fingerprint density at radius 2 is 0.878 bits per heavy atom. The smallest absolute Gasteiger partial charge is 0.159 e. The van der Waals surface area contributed by atoms with Crippen LogP contribution in [0, 0.1) is 0 Å². The van der Waals surface area contributed by atoms with E-state index in [2.05, 4.69) is 169 Å². The molecule has 0 amide bonds. The Balaban J connectivity index is 1.28. The molecule has 0 fully saturated rings. The third-order valence-electron chi connectivity index (χ3n) is 9.65. The number of hydrogen-bond donors (Lipinski definition) is 0. The van der Waals surface area contributed by atoms with E-state index < -0.39 is 0 Å². The van der Waals surface area contributed by atoms with Gasteiger partial charge in [-0.05, 0) is 52.7 Å². The van der Waals surface area contributed by atoms with Crippen LogP contribution in [0.1, 0.15) is 0 Å². The quantitative estimate of drug-likeness (QED) is 0.190. The lowest BCUT2D eigenvalue weighted by molar-refractivity contribution is 0.669. The van der Waals surface area contributed by atoms with E-state index >= 15 is 0 Å². The van der Waals surface area contributed by atoms with Crippen molar-refractivity contribution in [2.75, 3.05) is 4.90 Å². The minimum Gasteiger partial charge on any atom is -0.455 e. The zero-order valence-corrected chi connectivity index (χ0v) is 26.5. The van der Waals surface area contributed by atoms with Crippen molar-refractivity contribution in [2.45, 2.75) is 0 Å². The van der Waals surface area contributed by atoms with Crippen molar-refractivity contribution < 1.29 is 8.83 Å². The minimum absolute atomic E-state index is 0.843. The van der Waals surface area contributed by atoms with Gasteiger partial charge >= 0.3 is 0 Å². The highest BCUT2D eigenvalue weighted by atomic mass is 16.3. The molecule has 0 spiro atoms. The van der Waals surface area contributed by atoms with Crippen LogP contribution in [0.4, 0.5) is 17.1 Å². The summed E-state index contributed by atoms with van der Waals surface area (Å²) in [5.41, 5.74) is 10.9. The fraction of sp³-hybridized carbons (Fsp3) is 0. The fourth-order valence-corrected chi connectivity index (χ4v) is 7.42. The summed E-state index contributed by atoms with van der Waals surface area (Å²) in [5, 5.41) is 6.77. The predicted octanol–water partition coefficient (Wildman–Crippen LogP) is 13.4. The van der Waals surface area contributed by atoms with Gasteiger partial charge < -0.3 is 13.7 Å². The van der Waals surface area contributed by atoms with Gasteiger partial charge in [0.1, 0.15) is 16.7 Å². The van der Waals surface area contributed by atoms with E-state index in [0.717, 1.165) is 83.2 Å². The molecule has 0 atom stereocenters. The molecule has 0 aliphatic carbocycles. The van der Waals surface area contributed by atoms with Gasteiger partial charge in [-0.15, -0.1) is 0 Å². The maximum absolute atomic E-state index is 6.76. The average Bonchev–Trinajstić information content (AvgIpc) is 3.73. The van der Waals surface area contributed by atoms with Crippen molar-refractivity contribution in [3.8, 4) is 22.3 Å². The number of fused-ring (bicyclic) bond motifs is 7. The molecule has 0 aliphatic rings. The van der Waals surface area contributed by atoms with Gasteiger partial charge in [0.2, 0.25) is 0 Å². The Kier molecular flexibility index (Phi) is 6.18. The van der Waals surface area contributed by atoms with Crippen molar-refractivity contribution in [3.63, 3.8) is 0 Å². The lowest BCUT2D eigenvalue weighted by atomic mass is 9.97. The van der Waals surface area contributed by atoms with Crippen LogP contribution in [0.25, 0.3) is 76.9 Å². The van der Waals surface area contributed by atoms with E-state index in [9.17, 15) is 0 Å². The standard InChI is InChI=1S/C46H29NO2/c1-2-14-30(15-3-1)33-18-6-9-24-40(33)47(42-26-13-23-37-35-20-8-11-27-43(35)48-46(37)42)41-25-10-7-19-34(41)36-21-12-22-38-39-28-31-16-4-5-17-32(31)29-44(39)49-45(36)38/h1-29H. The number of benzene rings is 8. The van der Waals surface area contributed by atoms with Gasteiger partial charge in [0.25, 0.3) is 0 Å². The molecular formula is C46H29NO2. The SMILES string of the molecule is c1ccc(-c2ccccc2N(c2ccccc2-c2cccc3c2oc2cc4ccccc4cc23)c2cccc3c2oc2ccccc23)cc1. The number of hydrogen-bond acceptors (Lipinski definition) is 3. The average molecular weight is 628 g/mol. The van der Waals surface area contributed by atoms with Crippen LogP contribution in [0.15, 0.2) is 185 Å². The second kappa shape index (κ2) is 11.0. The highest BCUT2D eigenvalue weighted by Gasteiger charge is 2.25. The van der Waals surface area contributed by atoms with Gasteiger partial charge in [0.05, 0.1) is 17.1 Å². The van der Waals surface area contributed by atoms with Crippen LogP contribution >= 0.6 is 0 Å². The van der Waals surface area contributed by atoms with Gasteiger partial charge in [-0.25, -0.2) is 0 Å². The molecule has 0 saturated heterocycles. The zero-order valence-electron chi connectivity index (χ0n) is 26.5. The van der Waals surface area contributed by atoms with Crippen LogP contribution in [0.2, 0.25) is 0 Å². The Labute approximate surface area is 282 Å². The zero-order chi connectivity index (χ0) is 32.3. The Morgan fingerprint density at radius 1 is 0.327 bits per heavy atom. The minimum atomic E-state index is 0.843. The monoisotopic (exact) mass is 627 g/mol. The highest BCUT2D eigenvalue weighted by Crippen LogP contribution is 2.49. The first-order valence-electron chi connectivity index (χ1n) is 16.6. The predicted molar refractivity (Wildman–Crippen MR) is 204 cm³/mol. The third-order valence-corrected chi connectivity index (χ3v) is 9.65. The third kappa shape index (κ3) is 4.37. The first-order chi connectivity index (χ1) is 24.3. The van der Waals surface area contributed by atoms with Gasteiger partial charge in [-0.3, -0.25) is 0 Å². The van der Waals surface area contributed by atoms with Gasteiger partial charge in [0.15, 0.2) is 5.58 Å². The first-order valence-corrected chi connectivity index (χ1v) is 16.6. The molecule has 3 nitrogen and oxygen atoms in total. The number of furan rings is 2. The van der Waals surface area contributed by atoms with Crippen LogP contribution in [0.5, 0.6) is 0 Å². The Morgan fingerprint density at radius 3 is 1.71 bits per heavy atom. The molecule has 0 N–H and O–H groups in total. The topological polar surface area (TPSA) is 29.5 Å². The van der Waals surface area contributed by atoms with Crippen LogP contribution in [-0.4, -0.2) is 0 Å². The largest absolute Gasteiger partial charge is 0.455 e. The lowest BCUT2D eigenvalue weighted by Gasteiger charge is -2.29. The van der Waals surface area contributed by atoms with Gasteiger partial charge in [-0.1, -0.05) is 140 Å². The summed E-state index contributed by atoms with van der Waals surface area (Å²) in [6.45, 7) is 0. The Bertz CT molecular complexity index is 2840. The molecule has 2 aromatic heterocycles. The van der Waals surface area contributed by atoms with E-state index in [0.29, 0.717) is 0 Å². The molecule has 2 heterocycles. The molecule has 10 aromatic rings. The van der Waals surface area contributed by atoms with Crippen molar-refractivity contribution in [2.24, 2.45) is 0 Å². The number of rotatable bonds is 5. The summed E-state index contributed by atoms with van der Waals surface area (Å²) in [6.07, 6.45) is 0. The molecule has 0 saturated carbocycles. The van der Waals surface area contributed by atoms with Crippen molar-refractivity contribution >= 4 is 71.7 Å². The summed E-state index contributed by atoms with van der Waals surface area (Å²) < 4.78 is 13.4. The van der Waals surface area contributed by atoms with E-state index in [1.165, 1.54) is 10.8 Å². The molecule has 3 heteroatoms. The summed E-state index contributed by atoms with van der Waals surface area (Å²) in [4.78, 5) is 2.36.